The van der Waals surface area contributed by atoms with Crippen molar-refractivity contribution in [1.29, 1.82) is 0 Å². The molecule has 1 amide bonds. The first-order valence-corrected chi connectivity index (χ1v) is 15.8. The molecule has 4 aliphatic carbocycles. The maximum absolute atomic E-state index is 13.3. The third-order valence-electron chi connectivity index (χ3n) is 10.5. The Bertz CT molecular complexity index is 1410. The summed E-state index contributed by atoms with van der Waals surface area (Å²) in [6, 6.07) is 17.9. The number of hydrogen-bond donors (Lipinski definition) is 1. The summed E-state index contributed by atoms with van der Waals surface area (Å²) in [6.07, 6.45) is 8.18. The van der Waals surface area contributed by atoms with E-state index in [0.29, 0.717) is 16.9 Å². The lowest BCUT2D eigenvalue weighted by Gasteiger charge is -2.57. The number of anilines is 1. The van der Waals surface area contributed by atoms with Gasteiger partial charge in [-0.05, 0) is 115 Å². The Balaban J connectivity index is 0.921. The molecule has 4 saturated carbocycles. The topological polar surface area (TPSA) is 72.8 Å². The first kappa shape index (κ1) is 27.4. The van der Waals surface area contributed by atoms with E-state index >= 15 is 0 Å². The van der Waals surface area contributed by atoms with Gasteiger partial charge < -0.3 is 14.9 Å². The van der Waals surface area contributed by atoms with Crippen molar-refractivity contribution in [1.82, 2.24) is 20.0 Å². The number of carbonyl (C=O) groups excluding carboxylic acids is 1. The first-order chi connectivity index (χ1) is 20.3. The molecule has 1 aromatic heterocycles. The van der Waals surface area contributed by atoms with Crippen molar-refractivity contribution in [2.45, 2.75) is 52.0 Å². The quantitative estimate of drug-likeness (QED) is 0.392. The number of amides is 1. The molecule has 0 unspecified atom stereocenters. The third kappa shape index (κ3) is 5.51. The second-order valence-corrected chi connectivity index (χ2v) is 13.8. The molecule has 1 saturated heterocycles. The highest BCUT2D eigenvalue weighted by Crippen LogP contribution is 2.60. The normalized spacial score (nSPS) is 26.9. The lowest BCUT2D eigenvalue weighted by atomic mass is 9.49. The van der Waals surface area contributed by atoms with Crippen molar-refractivity contribution in [3.63, 3.8) is 0 Å². The van der Waals surface area contributed by atoms with Crippen LogP contribution in [0.15, 0.2) is 54.6 Å². The molecule has 8 rings (SSSR count). The molecule has 0 atom stereocenters. The average Bonchev–Trinajstić information content (AvgIpc) is 2.96. The van der Waals surface area contributed by atoms with Gasteiger partial charge in [-0.3, -0.25) is 9.69 Å². The Morgan fingerprint density at radius 2 is 1.64 bits per heavy atom. The Kier molecular flexibility index (Phi) is 7.17. The van der Waals surface area contributed by atoms with Gasteiger partial charge in [0.05, 0.1) is 0 Å². The summed E-state index contributed by atoms with van der Waals surface area (Å²) in [4.78, 5) is 20.0. The molecule has 2 heterocycles. The van der Waals surface area contributed by atoms with Crippen LogP contribution < -0.4 is 4.90 Å². The molecule has 0 spiro atoms. The third-order valence-corrected chi connectivity index (χ3v) is 10.5. The maximum Gasteiger partial charge on any atom is 0.274 e. The van der Waals surface area contributed by atoms with Gasteiger partial charge in [0.1, 0.15) is 5.75 Å². The second kappa shape index (κ2) is 11.0. The fourth-order valence-electron chi connectivity index (χ4n) is 9.08. The molecule has 7 nitrogen and oxygen atoms in total. The fraction of sp³-hybridized carbons (Fsp3) is 0.514. The summed E-state index contributed by atoms with van der Waals surface area (Å²) in [7, 11) is 1.96. The summed E-state index contributed by atoms with van der Waals surface area (Å²) in [5.41, 5.74) is 5.48. The maximum atomic E-state index is 13.3. The van der Waals surface area contributed by atoms with Crippen LogP contribution in [0.1, 0.15) is 60.1 Å². The molecular formula is C35H43N5O2. The smallest absolute Gasteiger partial charge is 0.274 e. The molecular weight excluding hydrogens is 522 g/mol. The number of benzene rings is 2. The van der Waals surface area contributed by atoms with Crippen LogP contribution in [-0.4, -0.2) is 70.8 Å². The molecule has 4 bridgehead atoms. The van der Waals surface area contributed by atoms with Crippen LogP contribution in [-0.2, 0) is 6.54 Å². The van der Waals surface area contributed by atoms with Gasteiger partial charge in [0, 0.05) is 46.3 Å². The van der Waals surface area contributed by atoms with Crippen LogP contribution in [0.4, 0.5) is 5.82 Å². The molecule has 5 aliphatic rings. The summed E-state index contributed by atoms with van der Waals surface area (Å²) >= 11 is 0. The Morgan fingerprint density at radius 3 is 2.26 bits per heavy atom. The van der Waals surface area contributed by atoms with Gasteiger partial charge in [-0.2, -0.15) is 0 Å². The number of rotatable bonds is 7. The Hall–Kier alpha value is -3.45. The van der Waals surface area contributed by atoms with Crippen molar-refractivity contribution < 1.29 is 9.90 Å². The number of aromatic hydroxyl groups is 1. The van der Waals surface area contributed by atoms with E-state index in [2.05, 4.69) is 45.1 Å². The molecule has 1 N–H and O–H groups in total. The Morgan fingerprint density at radius 1 is 0.929 bits per heavy atom. The number of aryl methyl sites for hydroxylation is 1. The molecule has 2 aromatic carbocycles. The minimum absolute atomic E-state index is 0.00000717. The van der Waals surface area contributed by atoms with Crippen LogP contribution in [0.3, 0.4) is 0 Å². The summed E-state index contributed by atoms with van der Waals surface area (Å²) in [5, 5.41) is 18.7. The van der Waals surface area contributed by atoms with E-state index in [0.717, 1.165) is 74.0 Å². The summed E-state index contributed by atoms with van der Waals surface area (Å²) in [5.74, 6) is 3.81. The fourth-order valence-corrected chi connectivity index (χ4v) is 9.08. The minimum Gasteiger partial charge on any atom is -0.508 e. The number of nitrogens with zero attached hydrogens (tertiary/aromatic N) is 5. The molecule has 7 heteroatoms. The minimum atomic E-state index is -0.00000717. The highest BCUT2D eigenvalue weighted by Gasteiger charge is 2.51. The highest BCUT2D eigenvalue weighted by atomic mass is 16.3. The van der Waals surface area contributed by atoms with Gasteiger partial charge in [-0.25, -0.2) is 0 Å². The molecule has 5 fully saturated rings. The number of phenols is 1. The molecule has 1 aliphatic heterocycles. The predicted octanol–water partition coefficient (Wildman–Crippen LogP) is 5.77. The van der Waals surface area contributed by atoms with E-state index in [4.69, 9.17) is 0 Å². The van der Waals surface area contributed by atoms with Gasteiger partial charge in [0.15, 0.2) is 11.5 Å². The van der Waals surface area contributed by atoms with E-state index in [-0.39, 0.29) is 5.91 Å². The lowest BCUT2D eigenvalue weighted by Crippen LogP contribution is -2.51. The number of phenolic OH excluding ortho intramolecular Hbond substituents is 1. The highest BCUT2D eigenvalue weighted by molar-refractivity contribution is 5.92. The van der Waals surface area contributed by atoms with E-state index in [9.17, 15) is 9.90 Å². The standard InChI is InChI=1S/C35H43N5O2/c1-24-14-25(6-7-31(24)29-4-3-5-30(41)18-29)22-39-10-12-40(13-11-39)33-9-8-32(36-37-33)34(42)38(2)23-35-19-26-15-27(20-35)17-28(16-26)21-35/h3-9,14,18,26-28,41H,10-13,15-17,19-23H2,1-2H3. The van der Waals surface area contributed by atoms with Crippen molar-refractivity contribution in [2.75, 3.05) is 44.7 Å². The Labute approximate surface area is 249 Å². The zero-order valence-corrected chi connectivity index (χ0v) is 25.0. The van der Waals surface area contributed by atoms with Crippen molar-refractivity contribution in [2.24, 2.45) is 23.2 Å². The lowest BCUT2D eigenvalue weighted by molar-refractivity contribution is -0.0629. The zero-order valence-electron chi connectivity index (χ0n) is 25.0. The monoisotopic (exact) mass is 565 g/mol. The SMILES string of the molecule is Cc1cc(CN2CCN(c3ccc(C(=O)N(C)CC45CC6CC(CC(C6)C4)C5)nn3)CC2)ccc1-c1cccc(O)c1. The average molecular weight is 566 g/mol. The molecule has 0 radical (unpaired) electrons. The number of carbonyl (C=O) groups is 1. The van der Waals surface area contributed by atoms with Crippen molar-refractivity contribution >= 4 is 11.7 Å². The van der Waals surface area contributed by atoms with E-state index in [1.807, 2.05) is 42.3 Å². The van der Waals surface area contributed by atoms with Gasteiger partial charge in [-0.15, -0.1) is 10.2 Å². The molecule has 220 valence electrons. The summed E-state index contributed by atoms with van der Waals surface area (Å²) < 4.78 is 0. The molecule has 42 heavy (non-hydrogen) atoms. The summed E-state index contributed by atoms with van der Waals surface area (Å²) in [6.45, 7) is 7.56. The van der Waals surface area contributed by atoms with Crippen LogP contribution >= 0.6 is 0 Å². The number of hydrogen-bond acceptors (Lipinski definition) is 6. The van der Waals surface area contributed by atoms with Crippen LogP contribution in [0.2, 0.25) is 0 Å². The van der Waals surface area contributed by atoms with Gasteiger partial charge in [0.2, 0.25) is 0 Å². The van der Waals surface area contributed by atoms with E-state index < -0.39 is 0 Å². The van der Waals surface area contributed by atoms with Gasteiger partial charge in [0.25, 0.3) is 5.91 Å². The largest absolute Gasteiger partial charge is 0.508 e. The van der Waals surface area contributed by atoms with Crippen LogP contribution in [0.25, 0.3) is 11.1 Å². The van der Waals surface area contributed by atoms with Crippen LogP contribution in [0.5, 0.6) is 5.75 Å². The number of aromatic nitrogens is 2. The zero-order chi connectivity index (χ0) is 28.8. The predicted molar refractivity (Wildman–Crippen MR) is 165 cm³/mol. The van der Waals surface area contributed by atoms with Crippen molar-refractivity contribution in [3.05, 3.63) is 71.4 Å². The van der Waals surface area contributed by atoms with Gasteiger partial charge >= 0.3 is 0 Å². The molecule has 3 aromatic rings. The second-order valence-electron chi connectivity index (χ2n) is 13.8. The van der Waals surface area contributed by atoms with Crippen molar-refractivity contribution in [3.8, 4) is 16.9 Å². The van der Waals surface area contributed by atoms with E-state index in [1.165, 1.54) is 49.7 Å². The number of piperazine rings is 1. The van der Waals surface area contributed by atoms with Gasteiger partial charge in [-0.1, -0.05) is 30.3 Å². The van der Waals surface area contributed by atoms with Crippen LogP contribution in [0, 0.1) is 30.1 Å². The first-order valence-electron chi connectivity index (χ1n) is 15.8. The van der Waals surface area contributed by atoms with E-state index in [1.54, 1.807) is 6.07 Å².